The predicted molar refractivity (Wildman–Crippen MR) is 112 cm³/mol. The number of hydrogen-bond acceptors (Lipinski definition) is 10. The third-order valence-electron chi connectivity index (χ3n) is 5.90. The van der Waals surface area contributed by atoms with Gasteiger partial charge in [0.2, 0.25) is 0 Å². The van der Waals surface area contributed by atoms with E-state index in [1.165, 1.54) is 19.2 Å². The third kappa shape index (κ3) is 3.94. The van der Waals surface area contributed by atoms with E-state index in [0.29, 0.717) is 11.1 Å². The number of carbonyl (C=O) groups excluding carboxylic acids is 1. The van der Waals surface area contributed by atoms with Crippen molar-refractivity contribution in [3.63, 3.8) is 0 Å². The van der Waals surface area contributed by atoms with Crippen molar-refractivity contribution in [1.82, 2.24) is 0 Å². The fourth-order valence-electron chi connectivity index (χ4n) is 4.13. The van der Waals surface area contributed by atoms with Gasteiger partial charge in [0.25, 0.3) is 0 Å². The van der Waals surface area contributed by atoms with Crippen LogP contribution in [0.25, 0.3) is 11.0 Å². The van der Waals surface area contributed by atoms with Crippen molar-refractivity contribution in [3.8, 4) is 5.75 Å². The van der Waals surface area contributed by atoms with Crippen molar-refractivity contribution >= 4 is 16.8 Å². The van der Waals surface area contributed by atoms with Gasteiger partial charge in [-0.2, -0.15) is 0 Å². The highest BCUT2D eigenvalue weighted by Gasteiger charge is 2.52. The molecular weight excluding hydrogens is 424 g/mol. The average Bonchev–Trinajstić information content (AvgIpc) is 2.76. The van der Waals surface area contributed by atoms with Gasteiger partial charge < -0.3 is 39.1 Å². The summed E-state index contributed by atoms with van der Waals surface area (Å²) >= 11 is 0. The predicted octanol–water partition coefficient (Wildman–Crippen LogP) is 0.585. The lowest BCUT2D eigenvalue weighted by molar-refractivity contribution is -0.279. The molecule has 0 spiro atoms. The number of ketones is 1. The smallest absolute Gasteiger partial charge is 0.351 e. The molecule has 32 heavy (non-hydrogen) atoms. The molecule has 3 rings (SSSR count). The summed E-state index contributed by atoms with van der Waals surface area (Å²) in [5.41, 5.74) is -2.12. The Morgan fingerprint density at radius 2 is 1.94 bits per heavy atom. The van der Waals surface area contributed by atoms with Crippen LogP contribution in [0.5, 0.6) is 5.75 Å². The summed E-state index contributed by atoms with van der Waals surface area (Å²) < 4.78 is 21.6. The Morgan fingerprint density at radius 3 is 2.53 bits per heavy atom. The normalized spacial score (nSPS) is 28.2. The van der Waals surface area contributed by atoms with Gasteiger partial charge in [-0.05, 0) is 38.0 Å². The minimum absolute atomic E-state index is 0.00261. The highest BCUT2D eigenvalue weighted by Crippen LogP contribution is 2.42. The van der Waals surface area contributed by atoms with Crippen molar-refractivity contribution in [2.24, 2.45) is 0 Å². The number of hydrogen-bond donors (Lipinski definition) is 4. The van der Waals surface area contributed by atoms with E-state index >= 15 is 0 Å². The number of methoxy groups -OCH3 is 1. The molecule has 5 atom stereocenters. The fourth-order valence-corrected chi connectivity index (χ4v) is 4.13. The van der Waals surface area contributed by atoms with Crippen LogP contribution in [0.1, 0.15) is 41.4 Å². The van der Waals surface area contributed by atoms with Crippen LogP contribution in [0.15, 0.2) is 21.3 Å². The maximum atomic E-state index is 12.5. The second kappa shape index (κ2) is 9.26. The van der Waals surface area contributed by atoms with Crippen LogP contribution in [0.2, 0.25) is 0 Å². The molecule has 4 N–H and O–H groups in total. The van der Waals surface area contributed by atoms with Crippen LogP contribution in [0.3, 0.4) is 0 Å². The van der Waals surface area contributed by atoms with E-state index < -0.39 is 59.3 Å². The first-order valence-corrected chi connectivity index (χ1v) is 10.2. The molecule has 176 valence electrons. The van der Waals surface area contributed by atoms with Crippen molar-refractivity contribution in [2.45, 2.75) is 50.8 Å². The zero-order valence-electron chi connectivity index (χ0n) is 18.3. The summed E-state index contributed by atoms with van der Waals surface area (Å²) in [6.07, 6.45) is -4.86. The molecule has 0 amide bonds. The van der Waals surface area contributed by atoms with Crippen LogP contribution in [0.4, 0.5) is 0 Å². The van der Waals surface area contributed by atoms with E-state index in [9.17, 15) is 30.0 Å². The van der Waals surface area contributed by atoms with E-state index in [1.54, 1.807) is 20.8 Å². The largest absolute Gasteiger partial charge is 0.506 e. The Bertz CT molecular complexity index is 1060. The molecule has 2 aromatic rings. The average molecular weight is 452 g/mol. The summed E-state index contributed by atoms with van der Waals surface area (Å²) in [6.45, 7) is 4.22. The summed E-state index contributed by atoms with van der Waals surface area (Å²) in [6, 6.07) is 2.95. The lowest BCUT2D eigenvalue weighted by Gasteiger charge is -2.48. The molecular formula is C22H28O10. The fraction of sp³-hybridized carbons (Fsp3) is 0.545. The SMILES string of the molecule is CCOCC(=O)c1c(O)c2ccc([C@@H]3O[C@](C)(CO)[C@H](OC)[C@H](O)[C@H]3O)c(C)c2oc1=O. The molecule has 0 bridgehead atoms. The topological polar surface area (TPSA) is 156 Å². The Balaban J connectivity index is 2.11. The molecule has 2 heterocycles. The van der Waals surface area contributed by atoms with Gasteiger partial charge in [-0.1, -0.05) is 6.07 Å². The first-order chi connectivity index (χ1) is 15.1. The van der Waals surface area contributed by atoms with Crippen molar-refractivity contribution in [2.75, 3.05) is 26.9 Å². The molecule has 10 nitrogen and oxygen atoms in total. The zero-order chi connectivity index (χ0) is 23.8. The molecule has 1 aliphatic heterocycles. The Kier molecular flexibility index (Phi) is 7.03. The van der Waals surface area contributed by atoms with Crippen LogP contribution >= 0.6 is 0 Å². The zero-order valence-corrected chi connectivity index (χ0v) is 18.3. The number of aryl methyl sites for hydroxylation is 1. The first-order valence-electron chi connectivity index (χ1n) is 10.2. The molecule has 1 aliphatic rings. The number of benzene rings is 1. The second-order valence-electron chi connectivity index (χ2n) is 7.98. The van der Waals surface area contributed by atoms with E-state index in [1.807, 2.05) is 0 Å². The van der Waals surface area contributed by atoms with E-state index in [4.69, 9.17) is 18.6 Å². The van der Waals surface area contributed by atoms with Crippen molar-refractivity contribution in [1.29, 1.82) is 0 Å². The number of carbonyl (C=O) groups is 1. The third-order valence-corrected chi connectivity index (χ3v) is 5.90. The molecule has 1 aromatic carbocycles. The van der Waals surface area contributed by atoms with Gasteiger partial charge in [-0.3, -0.25) is 4.79 Å². The molecule has 1 saturated heterocycles. The molecule has 0 radical (unpaired) electrons. The van der Waals surface area contributed by atoms with Crippen LogP contribution in [-0.4, -0.2) is 77.1 Å². The van der Waals surface area contributed by atoms with Gasteiger partial charge in [0, 0.05) is 13.7 Å². The van der Waals surface area contributed by atoms with Crippen molar-refractivity contribution in [3.05, 3.63) is 39.2 Å². The minimum atomic E-state index is -1.41. The minimum Gasteiger partial charge on any atom is -0.506 e. The molecule has 0 unspecified atom stereocenters. The Hall–Kier alpha value is -2.34. The number of aromatic hydroxyl groups is 1. The van der Waals surface area contributed by atoms with Gasteiger partial charge in [0.15, 0.2) is 5.78 Å². The summed E-state index contributed by atoms with van der Waals surface area (Å²) in [5.74, 6) is -1.24. The van der Waals surface area contributed by atoms with Gasteiger partial charge in [0.1, 0.15) is 53.5 Å². The molecule has 0 saturated carbocycles. The lowest BCUT2D eigenvalue weighted by Crippen LogP contribution is -2.62. The number of aliphatic hydroxyl groups excluding tert-OH is 3. The molecule has 1 fully saturated rings. The number of Topliss-reactive ketones (excluding diaryl/α,β-unsaturated/α-hetero) is 1. The number of aliphatic hydroxyl groups is 3. The molecule has 10 heteroatoms. The maximum Gasteiger partial charge on any atom is 0.351 e. The standard InChI is InChI=1S/C22H28O10/c1-5-30-8-13(24)14-15(25)12-7-6-11(10(2)18(12)31-21(14)28)19-16(26)17(27)20(29-4)22(3,9-23)32-19/h6-7,16-17,19-20,23,25-27H,5,8-9H2,1-4H3/t16-,17-,19+,20-,22-/m1/s1. The molecule has 1 aromatic heterocycles. The second-order valence-corrected chi connectivity index (χ2v) is 7.98. The molecule has 0 aliphatic carbocycles. The van der Waals surface area contributed by atoms with Crippen molar-refractivity contribution < 1.29 is 43.8 Å². The Morgan fingerprint density at radius 1 is 1.25 bits per heavy atom. The lowest BCUT2D eigenvalue weighted by atomic mass is 9.83. The summed E-state index contributed by atoms with van der Waals surface area (Å²) in [5, 5.41) is 41.8. The maximum absolute atomic E-state index is 12.5. The van der Waals surface area contributed by atoms with E-state index in [2.05, 4.69) is 0 Å². The van der Waals surface area contributed by atoms with E-state index in [-0.39, 0.29) is 24.2 Å². The highest BCUT2D eigenvalue weighted by atomic mass is 16.6. The van der Waals surface area contributed by atoms with Crippen LogP contribution < -0.4 is 5.63 Å². The van der Waals surface area contributed by atoms with Crippen LogP contribution in [0, 0.1) is 6.92 Å². The van der Waals surface area contributed by atoms with Gasteiger partial charge >= 0.3 is 5.63 Å². The number of ether oxygens (including phenoxy) is 3. The Labute approximate surface area is 183 Å². The number of fused-ring (bicyclic) bond motifs is 1. The highest BCUT2D eigenvalue weighted by molar-refractivity contribution is 6.03. The summed E-state index contributed by atoms with van der Waals surface area (Å²) in [7, 11) is 1.33. The monoisotopic (exact) mass is 452 g/mol. The van der Waals surface area contributed by atoms with Gasteiger partial charge in [-0.25, -0.2) is 4.79 Å². The summed E-state index contributed by atoms with van der Waals surface area (Å²) in [4.78, 5) is 24.7. The van der Waals surface area contributed by atoms with Crippen LogP contribution in [-0.2, 0) is 14.2 Å². The first kappa shape index (κ1) is 24.3. The van der Waals surface area contributed by atoms with E-state index in [0.717, 1.165) is 0 Å². The van der Waals surface area contributed by atoms with Gasteiger partial charge in [0.05, 0.1) is 12.0 Å². The van der Waals surface area contributed by atoms with Gasteiger partial charge in [-0.15, -0.1) is 0 Å². The quantitative estimate of drug-likeness (QED) is 0.346. The number of rotatable bonds is 7.